The van der Waals surface area contributed by atoms with E-state index in [1.54, 1.807) is 36.9 Å². The molecule has 3 aromatic rings. The zero-order valence-electron chi connectivity index (χ0n) is 16.8. The van der Waals surface area contributed by atoms with Crippen molar-refractivity contribution < 1.29 is 14.3 Å². The van der Waals surface area contributed by atoms with Crippen LogP contribution >= 0.6 is 0 Å². The van der Waals surface area contributed by atoms with Crippen LogP contribution in [-0.2, 0) is 25.4 Å². The molecule has 0 saturated heterocycles. The molecular weight excluding hydrogens is 378 g/mol. The fourth-order valence-corrected chi connectivity index (χ4v) is 3.10. The second-order valence-electron chi connectivity index (χ2n) is 6.53. The van der Waals surface area contributed by atoms with Gasteiger partial charge in [0.1, 0.15) is 11.5 Å². The van der Waals surface area contributed by atoms with Crippen LogP contribution in [0.25, 0.3) is 11.2 Å². The molecule has 2 aromatic heterocycles. The smallest absolute Gasteiger partial charge is 0.332 e. The topological polar surface area (TPSA) is 109 Å². The molecule has 0 fully saturated rings. The Bertz CT molecular complexity index is 1170. The molecule has 10 nitrogen and oxygen atoms in total. The highest BCUT2D eigenvalue weighted by Crippen LogP contribution is 2.29. The number of ether oxygens (including phenoxy) is 2. The van der Waals surface area contributed by atoms with E-state index in [0.29, 0.717) is 41.3 Å². The summed E-state index contributed by atoms with van der Waals surface area (Å²) in [7, 11) is 6.06. The first-order valence-corrected chi connectivity index (χ1v) is 9.00. The van der Waals surface area contributed by atoms with Gasteiger partial charge in [-0.05, 0) is 18.6 Å². The van der Waals surface area contributed by atoms with E-state index >= 15 is 0 Å². The van der Waals surface area contributed by atoms with Crippen molar-refractivity contribution in [3.8, 4) is 11.5 Å². The number of carbonyl (C=O) groups excluding carboxylic acids is 1. The van der Waals surface area contributed by atoms with Crippen molar-refractivity contribution in [2.45, 2.75) is 19.4 Å². The molecule has 0 saturated carbocycles. The van der Waals surface area contributed by atoms with Crippen LogP contribution in [0, 0.1) is 0 Å². The molecule has 29 heavy (non-hydrogen) atoms. The van der Waals surface area contributed by atoms with Crippen molar-refractivity contribution in [3.05, 3.63) is 45.4 Å². The molecule has 0 aliphatic rings. The molecule has 1 aromatic carbocycles. The van der Waals surface area contributed by atoms with Crippen molar-refractivity contribution in [3.63, 3.8) is 0 Å². The molecule has 0 radical (unpaired) electrons. The van der Waals surface area contributed by atoms with Crippen LogP contribution in [-0.4, -0.2) is 38.8 Å². The lowest BCUT2D eigenvalue weighted by atomic mass is 10.2. The SMILES string of the molecule is COc1ccc(OC)c(NC(=O)CCCn2cnc3c2c(=O)n(C)c(=O)n3C)c1. The molecule has 0 aliphatic heterocycles. The third-order valence-corrected chi connectivity index (χ3v) is 4.70. The van der Waals surface area contributed by atoms with E-state index < -0.39 is 11.2 Å². The number of hydrogen-bond donors (Lipinski definition) is 1. The van der Waals surface area contributed by atoms with Gasteiger partial charge in [-0.2, -0.15) is 0 Å². The molecule has 2 heterocycles. The molecule has 0 atom stereocenters. The van der Waals surface area contributed by atoms with Crippen molar-refractivity contribution in [2.75, 3.05) is 19.5 Å². The number of carbonyl (C=O) groups is 1. The summed E-state index contributed by atoms with van der Waals surface area (Å²) >= 11 is 0. The number of imidazole rings is 1. The lowest BCUT2D eigenvalue weighted by Crippen LogP contribution is -2.37. The summed E-state index contributed by atoms with van der Waals surface area (Å²) in [5.74, 6) is 0.942. The standard InChI is InChI=1S/C19H23N5O5/c1-22-17-16(18(26)23(2)19(22)27)24(11-20-17)9-5-6-15(25)21-13-10-12(28-3)7-8-14(13)29-4/h7-8,10-11H,5-6,9H2,1-4H3,(H,21,25). The first-order chi connectivity index (χ1) is 13.9. The van der Waals surface area contributed by atoms with Crippen molar-refractivity contribution in [2.24, 2.45) is 14.1 Å². The molecule has 0 aliphatic carbocycles. The Labute approximate surface area is 166 Å². The lowest BCUT2D eigenvalue weighted by Gasteiger charge is -2.12. The highest BCUT2D eigenvalue weighted by molar-refractivity contribution is 5.92. The first kappa shape index (κ1) is 20.2. The van der Waals surface area contributed by atoms with Gasteiger partial charge in [0, 0.05) is 33.1 Å². The Morgan fingerprint density at radius 3 is 2.59 bits per heavy atom. The Kier molecular flexibility index (Phi) is 5.71. The number of amides is 1. The molecular formula is C19H23N5O5. The zero-order chi connectivity index (χ0) is 21.1. The minimum Gasteiger partial charge on any atom is -0.497 e. The maximum absolute atomic E-state index is 12.4. The van der Waals surface area contributed by atoms with Gasteiger partial charge in [-0.3, -0.25) is 18.7 Å². The van der Waals surface area contributed by atoms with E-state index in [0.717, 1.165) is 4.57 Å². The number of hydrogen-bond acceptors (Lipinski definition) is 6. The van der Waals surface area contributed by atoms with Gasteiger partial charge in [-0.15, -0.1) is 0 Å². The van der Waals surface area contributed by atoms with Crippen LogP contribution in [0.15, 0.2) is 34.1 Å². The van der Waals surface area contributed by atoms with Gasteiger partial charge in [0.05, 0.1) is 26.2 Å². The van der Waals surface area contributed by atoms with Crippen LogP contribution in [0.5, 0.6) is 11.5 Å². The molecule has 0 unspecified atom stereocenters. The van der Waals surface area contributed by atoms with E-state index in [9.17, 15) is 14.4 Å². The summed E-state index contributed by atoms with van der Waals surface area (Å²) in [6.07, 6.45) is 2.22. The third-order valence-electron chi connectivity index (χ3n) is 4.70. The Balaban J connectivity index is 1.70. The Morgan fingerprint density at radius 2 is 1.90 bits per heavy atom. The van der Waals surface area contributed by atoms with Gasteiger partial charge in [0.25, 0.3) is 5.56 Å². The monoisotopic (exact) mass is 401 g/mol. The number of methoxy groups -OCH3 is 2. The number of nitrogens with zero attached hydrogens (tertiary/aromatic N) is 4. The summed E-state index contributed by atoms with van der Waals surface area (Å²) in [5, 5.41) is 2.81. The predicted molar refractivity (Wildman–Crippen MR) is 108 cm³/mol. The fraction of sp³-hybridized carbons (Fsp3) is 0.368. The molecule has 154 valence electrons. The lowest BCUT2D eigenvalue weighted by molar-refractivity contribution is -0.116. The number of nitrogens with one attached hydrogen (secondary N) is 1. The largest absolute Gasteiger partial charge is 0.497 e. The average molecular weight is 401 g/mol. The van der Waals surface area contributed by atoms with Gasteiger partial charge in [-0.25, -0.2) is 9.78 Å². The van der Waals surface area contributed by atoms with E-state index in [1.807, 2.05) is 0 Å². The Morgan fingerprint density at radius 1 is 1.14 bits per heavy atom. The van der Waals surface area contributed by atoms with Crippen LogP contribution in [0.1, 0.15) is 12.8 Å². The van der Waals surface area contributed by atoms with Crippen molar-refractivity contribution >= 4 is 22.8 Å². The van der Waals surface area contributed by atoms with E-state index in [1.165, 1.54) is 25.1 Å². The quantitative estimate of drug-likeness (QED) is 0.629. The predicted octanol–water partition coefficient (Wildman–Crippen LogP) is 0.870. The van der Waals surface area contributed by atoms with E-state index in [-0.39, 0.29) is 12.3 Å². The highest BCUT2D eigenvalue weighted by atomic mass is 16.5. The molecule has 3 rings (SSSR count). The number of anilines is 1. The number of fused-ring (bicyclic) bond motifs is 1. The normalized spacial score (nSPS) is 10.9. The van der Waals surface area contributed by atoms with Crippen LogP contribution in [0.3, 0.4) is 0 Å². The molecule has 10 heteroatoms. The summed E-state index contributed by atoms with van der Waals surface area (Å²) < 4.78 is 14.5. The van der Waals surface area contributed by atoms with Crippen LogP contribution in [0.2, 0.25) is 0 Å². The van der Waals surface area contributed by atoms with Gasteiger partial charge < -0.3 is 19.4 Å². The van der Waals surface area contributed by atoms with E-state index in [2.05, 4.69) is 10.3 Å². The second kappa shape index (κ2) is 8.21. The number of rotatable bonds is 7. The van der Waals surface area contributed by atoms with Gasteiger partial charge >= 0.3 is 5.69 Å². The summed E-state index contributed by atoms with van der Waals surface area (Å²) in [6.45, 7) is 0.409. The minimum absolute atomic E-state index is 0.193. The minimum atomic E-state index is -0.431. The highest BCUT2D eigenvalue weighted by Gasteiger charge is 2.15. The molecule has 0 bridgehead atoms. The maximum atomic E-state index is 12.4. The van der Waals surface area contributed by atoms with Crippen LogP contribution < -0.4 is 26.0 Å². The van der Waals surface area contributed by atoms with Gasteiger partial charge in [0.2, 0.25) is 5.91 Å². The Hall–Kier alpha value is -3.56. The van der Waals surface area contributed by atoms with Crippen molar-refractivity contribution in [1.29, 1.82) is 0 Å². The van der Waals surface area contributed by atoms with Crippen LogP contribution in [0.4, 0.5) is 5.69 Å². The number of aryl methyl sites for hydroxylation is 2. The maximum Gasteiger partial charge on any atom is 0.332 e. The number of benzene rings is 1. The summed E-state index contributed by atoms with van der Waals surface area (Å²) in [4.78, 5) is 40.9. The number of aromatic nitrogens is 4. The van der Waals surface area contributed by atoms with Crippen molar-refractivity contribution in [1.82, 2.24) is 18.7 Å². The van der Waals surface area contributed by atoms with E-state index in [4.69, 9.17) is 9.47 Å². The summed E-state index contributed by atoms with van der Waals surface area (Å²) in [6, 6.07) is 5.14. The first-order valence-electron chi connectivity index (χ1n) is 9.00. The third kappa shape index (κ3) is 3.86. The summed E-state index contributed by atoms with van der Waals surface area (Å²) in [5.41, 5.74) is 0.340. The van der Waals surface area contributed by atoms with Gasteiger partial charge in [0.15, 0.2) is 11.2 Å². The average Bonchev–Trinajstić information content (AvgIpc) is 3.14. The second-order valence-corrected chi connectivity index (χ2v) is 6.53. The molecule has 0 spiro atoms. The molecule has 1 N–H and O–H groups in total. The fourth-order valence-electron chi connectivity index (χ4n) is 3.10. The zero-order valence-corrected chi connectivity index (χ0v) is 16.8. The molecule has 1 amide bonds. The van der Waals surface area contributed by atoms with Gasteiger partial charge in [-0.1, -0.05) is 0 Å².